The van der Waals surface area contributed by atoms with Crippen molar-refractivity contribution in [1.82, 2.24) is 10.2 Å². The first-order valence-corrected chi connectivity index (χ1v) is 8.91. The van der Waals surface area contributed by atoms with E-state index in [0.29, 0.717) is 16.9 Å². The van der Waals surface area contributed by atoms with E-state index in [9.17, 15) is 4.79 Å². The van der Waals surface area contributed by atoms with Crippen LogP contribution >= 0.6 is 11.8 Å². The summed E-state index contributed by atoms with van der Waals surface area (Å²) in [7, 11) is 0. The Labute approximate surface area is 153 Å². The van der Waals surface area contributed by atoms with Crippen LogP contribution in [0.15, 0.2) is 74.9 Å². The zero-order valence-electron chi connectivity index (χ0n) is 13.9. The fraction of sp³-hybridized carbons (Fsp3) is 0.105. The van der Waals surface area contributed by atoms with E-state index in [1.807, 2.05) is 42.5 Å². The molecule has 7 heteroatoms. The van der Waals surface area contributed by atoms with E-state index in [-0.39, 0.29) is 5.91 Å². The minimum absolute atomic E-state index is 0.136. The number of furan rings is 1. The lowest BCUT2D eigenvalue weighted by Crippen LogP contribution is -2.22. The highest BCUT2D eigenvalue weighted by atomic mass is 32.2. The first kappa shape index (κ1) is 16.4. The highest BCUT2D eigenvalue weighted by Gasteiger charge is 2.19. The highest BCUT2D eigenvalue weighted by Crippen LogP contribution is 2.27. The molecule has 0 aliphatic rings. The van der Waals surface area contributed by atoms with Crippen LogP contribution in [0.3, 0.4) is 0 Å². The number of fused-ring (bicyclic) bond motifs is 1. The number of anilines is 1. The van der Waals surface area contributed by atoms with Gasteiger partial charge in [0.25, 0.3) is 11.1 Å². The minimum Gasteiger partial charge on any atom is -0.459 e. The van der Waals surface area contributed by atoms with Gasteiger partial charge in [0, 0.05) is 5.69 Å². The molecule has 1 N–H and O–H groups in total. The molecule has 0 radical (unpaired) electrons. The molecule has 0 saturated heterocycles. The van der Waals surface area contributed by atoms with Crippen LogP contribution in [-0.4, -0.2) is 21.4 Å². The summed E-state index contributed by atoms with van der Waals surface area (Å²) in [5.41, 5.74) is 0.753. The lowest BCUT2D eigenvalue weighted by Gasteiger charge is -2.10. The van der Waals surface area contributed by atoms with Gasteiger partial charge in [-0.05, 0) is 42.0 Å². The third-order valence-electron chi connectivity index (χ3n) is 3.80. The molecule has 0 bridgehead atoms. The Morgan fingerprint density at radius 1 is 1.08 bits per heavy atom. The second-order valence-electron chi connectivity index (χ2n) is 5.66. The molecule has 2 heterocycles. The molecule has 4 aromatic rings. The first-order chi connectivity index (χ1) is 12.7. The molecule has 0 saturated carbocycles. The number of thioether (sulfide) groups is 1. The summed E-state index contributed by atoms with van der Waals surface area (Å²) in [6.07, 6.45) is 1.53. The van der Waals surface area contributed by atoms with Gasteiger partial charge in [-0.25, -0.2) is 0 Å². The standard InChI is InChI=1S/C19H15N3O3S/c1-12(26-19-22-21-18(25-19)16-7-4-10-24-16)17(23)20-15-9-8-13-5-2-3-6-14(13)11-15/h2-12H,1H3,(H,20,23)/t12-/m0/s1. The lowest BCUT2D eigenvalue weighted by atomic mass is 10.1. The van der Waals surface area contributed by atoms with Crippen LogP contribution in [0, 0.1) is 0 Å². The van der Waals surface area contributed by atoms with Crippen molar-refractivity contribution < 1.29 is 13.6 Å². The number of hydrogen-bond donors (Lipinski definition) is 1. The van der Waals surface area contributed by atoms with Gasteiger partial charge >= 0.3 is 0 Å². The average molecular weight is 365 g/mol. The third-order valence-corrected chi connectivity index (χ3v) is 4.74. The summed E-state index contributed by atoms with van der Waals surface area (Å²) < 4.78 is 10.7. The Hall–Kier alpha value is -3.06. The number of hydrogen-bond acceptors (Lipinski definition) is 6. The number of nitrogens with one attached hydrogen (secondary N) is 1. The van der Waals surface area contributed by atoms with Crippen LogP contribution in [0.2, 0.25) is 0 Å². The Bertz CT molecular complexity index is 1040. The molecule has 4 rings (SSSR count). The Morgan fingerprint density at radius 3 is 2.73 bits per heavy atom. The molecule has 1 atom stereocenters. The third kappa shape index (κ3) is 3.48. The van der Waals surface area contributed by atoms with E-state index in [0.717, 1.165) is 16.5 Å². The van der Waals surface area contributed by atoms with Crippen molar-refractivity contribution in [3.8, 4) is 11.7 Å². The molecule has 0 aliphatic heterocycles. The van der Waals surface area contributed by atoms with Crippen LogP contribution in [-0.2, 0) is 4.79 Å². The fourth-order valence-electron chi connectivity index (χ4n) is 2.47. The average Bonchev–Trinajstić information content (AvgIpc) is 3.33. The number of amides is 1. The van der Waals surface area contributed by atoms with E-state index in [1.165, 1.54) is 18.0 Å². The molecule has 2 aromatic carbocycles. The van der Waals surface area contributed by atoms with Crippen LogP contribution in [0.1, 0.15) is 6.92 Å². The van der Waals surface area contributed by atoms with Gasteiger partial charge < -0.3 is 14.2 Å². The molecule has 0 spiro atoms. The zero-order chi connectivity index (χ0) is 17.9. The molecule has 2 aromatic heterocycles. The van der Waals surface area contributed by atoms with Gasteiger partial charge in [-0.3, -0.25) is 4.79 Å². The molecule has 0 unspecified atom stereocenters. The summed E-state index contributed by atoms with van der Waals surface area (Å²) >= 11 is 1.20. The maximum Gasteiger partial charge on any atom is 0.284 e. The number of nitrogens with zero attached hydrogens (tertiary/aromatic N) is 2. The number of rotatable bonds is 5. The van der Waals surface area contributed by atoms with Gasteiger partial charge in [-0.2, -0.15) is 0 Å². The lowest BCUT2D eigenvalue weighted by molar-refractivity contribution is -0.115. The zero-order valence-corrected chi connectivity index (χ0v) is 14.7. The quantitative estimate of drug-likeness (QED) is 0.521. The number of aromatic nitrogens is 2. The monoisotopic (exact) mass is 365 g/mol. The Balaban J connectivity index is 1.42. The molecular formula is C19H15N3O3S. The SMILES string of the molecule is C[C@H](Sc1nnc(-c2ccco2)o1)C(=O)Nc1ccc2ccccc2c1. The fourth-order valence-corrected chi connectivity index (χ4v) is 3.16. The normalized spacial score (nSPS) is 12.2. The molecule has 0 fully saturated rings. The predicted octanol–water partition coefficient (Wildman–Crippen LogP) is 4.60. The van der Waals surface area contributed by atoms with Crippen molar-refractivity contribution in [2.45, 2.75) is 17.4 Å². The van der Waals surface area contributed by atoms with E-state index in [2.05, 4.69) is 15.5 Å². The van der Waals surface area contributed by atoms with E-state index >= 15 is 0 Å². The van der Waals surface area contributed by atoms with E-state index < -0.39 is 5.25 Å². The van der Waals surface area contributed by atoms with Crippen LogP contribution in [0.4, 0.5) is 5.69 Å². The molecule has 26 heavy (non-hydrogen) atoms. The van der Waals surface area contributed by atoms with Crippen LogP contribution < -0.4 is 5.32 Å². The van der Waals surface area contributed by atoms with Crippen molar-refractivity contribution in [3.63, 3.8) is 0 Å². The second-order valence-corrected chi connectivity index (χ2v) is 6.95. The molecule has 0 aliphatic carbocycles. The first-order valence-electron chi connectivity index (χ1n) is 8.03. The van der Waals surface area contributed by atoms with Gasteiger partial charge in [0.2, 0.25) is 5.91 Å². The van der Waals surface area contributed by atoms with Crippen molar-refractivity contribution >= 4 is 34.1 Å². The number of benzene rings is 2. The maximum atomic E-state index is 12.4. The van der Waals surface area contributed by atoms with Crippen molar-refractivity contribution in [2.24, 2.45) is 0 Å². The van der Waals surface area contributed by atoms with Gasteiger partial charge in [-0.15, -0.1) is 10.2 Å². The molecule has 6 nitrogen and oxygen atoms in total. The molecule has 130 valence electrons. The number of carbonyl (C=O) groups excluding carboxylic acids is 1. The van der Waals surface area contributed by atoms with Crippen LogP contribution in [0.25, 0.3) is 22.4 Å². The van der Waals surface area contributed by atoms with Gasteiger partial charge in [0.1, 0.15) is 0 Å². The van der Waals surface area contributed by atoms with Crippen molar-refractivity contribution in [3.05, 3.63) is 60.9 Å². The van der Waals surface area contributed by atoms with Crippen molar-refractivity contribution in [2.75, 3.05) is 5.32 Å². The summed E-state index contributed by atoms with van der Waals surface area (Å²) in [6.45, 7) is 1.79. The predicted molar refractivity (Wildman–Crippen MR) is 99.9 cm³/mol. The van der Waals surface area contributed by atoms with Gasteiger partial charge in [-0.1, -0.05) is 42.1 Å². The van der Waals surface area contributed by atoms with E-state index in [4.69, 9.17) is 8.83 Å². The highest BCUT2D eigenvalue weighted by molar-refractivity contribution is 8.00. The summed E-state index contributed by atoms with van der Waals surface area (Å²) in [5.74, 6) is 0.653. The topological polar surface area (TPSA) is 81.2 Å². The Morgan fingerprint density at radius 2 is 1.92 bits per heavy atom. The van der Waals surface area contributed by atoms with E-state index in [1.54, 1.807) is 19.1 Å². The summed E-state index contributed by atoms with van der Waals surface area (Å²) in [4.78, 5) is 12.4. The minimum atomic E-state index is -0.397. The van der Waals surface area contributed by atoms with Crippen molar-refractivity contribution in [1.29, 1.82) is 0 Å². The molecular weight excluding hydrogens is 350 g/mol. The van der Waals surface area contributed by atoms with Crippen LogP contribution in [0.5, 0.6) is 0 Å². The Kier molecular flexibility index (Phi) is 4.45. The largest absolute Gasteiger partial charge is 0.459 e. The maximum absolute atomic E-state index is 12.4. The smallest absolute Gasteiger partial charge is 0.284 e. The molecule has 1 amide bonds. The van der Waals surface area contributed by atoms with Gasteiger partial charge in [0.05, 0.1) is 11.5 Å². The van der Waals surface area contributed by atoms with Gasteiger partial charge in [0.15, 0.2) is 5.76 Å². The summed E-state index contributed by atoms with van der Waals surface area (Å²) in [5, 5.41) is 12.9. The number of carbonyl (C=O) groups is 1. The second kappa shape index (κ2) is 7.05. The summed E-state index contributed by atoms with van der Waals surface area (Å²) in [6, 6.07) is 17.3.